The Morgan fingerprint density at radius 2 is 1.88 bits per heavy atom. The van der Waals surface area contributed by atoms with Crippen molar-refractivity contribution < 1.29 is 9.16 Å². The highest BCUT2D eigenvalue weighted by atomic mass is 79.9. The van der Waals surface area contributed by atoms with Crippen molar-refractivity contribution in [2.24, 2.45) is 0 Å². The fourth-order valence-corrected chi connectivity index (χ4v) is 6.18. The molecular weight excluding hydrogens is 626 g/mol. The molecule has 228 valence electrons. The summed E-state index contributed by atoms with van der Waals surface area (Å²) in [7, 11) is -1.97. The van der Waals surface area contributed by atoms with Gasteiger partial charge in [-0.15, -0.1) is 0 Å². The van der Waals surface area contributed by atoms with Crippen molar-refractivity contribution in [2.45, 2.75) is 65.2 Å². The summed E-state index contributed by atoms with van der Waals surface area (Å²) in [4.78, 5) is 31.6. The monoisotopic (exact) mass is 665 g/mol. The van der Waals surface area contributed by atoms with E-state index in [4.69, 9.17) is 24.1 Å². The molecule has 13 heteroatoms. The van der Waals surface area contributed by atoms with Gasteiger partial charge < -0.3 is 23.6 Å². The lowest BCUT2D eigenvalue weighted by Crippen LogP contribution is -2.43. The van der Waals surface area contributed by atoms with Crippen LogP contribution in [-0.4, -0.2) is 74.1 Å². The molecule has 11 nitrogen and oxygen atoms in total. The van der Waals surface area contributed by atoms with Crippen LogP contribution in [0.25, 0.3) is 33.6 Å². The number of benzene rings is 1. The maximum absolute atomic E-state index is 6.61. The number of hydrogen-bond donors (Lipinski definition) is 1. The van der Waals surface area contributed by atoms with Crippen LogP contribution in [0.1, 0.15) is 47.1 Å². The van der Waals surface area contributed by atoms with Crippen LogP contribution in [0.5, 0.6) is 5.75 Å². The number of morpholine rings is 1. The molecule has 1 saturated heterocycles. The van der Waals surface area contributed by atoms with Crippen LogP contribution in [0, 0.1) is 0 Å². The zero-order chi connectivity index (χ0) is 30.8. The Kier molecular flexibility index (Phi) is 9.14. The number of halogens is 1. The number of H-pyrrole nitrogens is 1. The molecule has 1 atom stereocenters. The van der Waals surface area contributed by atoms with E-state index in [0.717, 1.165) is 63.9 Å². The van der Waals surface area contributed by atoms with E-state index in [2.05, 4.69) is 105 Å². The minimum atomic E-state index is -1.97. The highest BCUT2D eigenvalue weighted by Gasteiger charge is 2.39. The molecule has 5 heterocycles. The minimum Gasteiger partial charge on any atom is -0.543 e. The Labute approximate surface area is 261 Å². The van der Waals surface area contributed by atoms with Crippen molar-refractivity contribution in [1.29, 1.82) is 0 Å². The Morgan fingerprint density at radius 1 is 1.12 bits per heavy atom. The summed E-state index contributed by atoms with van der Waals surface area (Å²) in [6, 6.07) is 8.52. The molecule has 6 rings (SSSR count). The molecule has 0 amide bonds. The Bertz CT molecular complexity index is 1660. The van der Waals surface area contributed by atoms with Crippen LogP contribution >= 0.6 is 15.9 Å². The summed E-state index contributed by atoms with van der Waals surface area (Å²) in [5, 5.41) is 0.120. The summed E-state index contributed by atoms with van der Waals surface area (Å²) in [6.07, 6.45) is 5.74. The first-order valence-corrected chi connectivity index (χ1v) is 18.4. The molecule has 0 radical (unpaired) electrons. The lowest BCUT2D eigenvalue weighted by atomic mass is 10.1. The van der Waals surface area contributed by atoms with Crippen molar-refractivity contribution in [1.82, 2.24) is 39.5 Å². The van der Waals surface area contributed by atoms with Gasteiger partial charge in [0.05, 0.1) is 25.7 Å². The molecule has 1 fully saturated rings. The van der Waals surface area contributed by atoms with Crippen LogP contribution in [0.3, 0.4) is 0 Å². The molecule has 0 spiro atoms. The van der Waals surface area contributed by atoms with Crippen molar-refractivity contribution in [3.05, 3.63) is 47.9 Å². The van der Waals surface area contributed by atoms with Gasteiger partial charge in [-0.1, -0.05) is 39.8 Å². The first-order chi connectivity index (χ1) is 20.5. The lowest BCUT2D eigenvalue weighted by molar-refractivity contribution is 0.122. The molecule has 1 unspecified atom stereocenters. The summed E-state index contributed by atoms with van der Waals surface area (Å²) >= 11 is 3.69. The summed E-state index contributed by atoms with van der Waals surface area (Å²) < 4.78 is 15.1. The molecule has 0 bridgehead atoms. The fraction of sp³-hybridized carbons (Fsp3) is 0.467. The van der Waals surface area contributed by atoms with Gasteiger partial charge in [0, 0.05) is 24.7 Å². The number of fused-ring (bicyclic) bond motifs is 2. The normalized spacial score (nSPS) is 14.9. The van der Waals surface area contributed by atoms with Crippen LogP contribution in [-0.2, 0) is 4.74 Å². The number of nitrogens with zero attached hydrogens (tertiary/aromatic N) is 8. The smallest absolute Gasteiger partial charge is 0.250 e. The van der Waals surface area contributed by atoms with Gasteiger partial charge in [0.1, 0.15) is 28.8 Å². The topological polar surface area (TPSA) is 120 Å². The van der Waals surface area contributed by atoms with Crippen LogP contribution in [0.4, 0.5) is 5.95 Å². The molecule has 0 aliphatic carbocycles. The number of rotatable bonds is 6. The molecular formula is C30H40BrN9O2Si. The largest absolute Gasteiger partial charge is 0.543 e. The van der Waals surface area contributed by atoms with E-state index >= 15 is 0 Å². The van der Waals surface area contributed by atoms with E-state index in [9.17, 15) is 0 Å². The van der Waals surface area contributed by atoms with Gasteiger partial charge in [-0.3, -0.25) is 0 Å². The van der Waals surface area contributed by atoms with Gasteiger partial charge >= 0.3 is 0 Å². The number of ether oxygens (including phenoxy) is 1. The number of nitrogens with one attached hydrogen (secondary N) is 1. The van der Waals surface area contributed by atoms with Gasteiger partial charge in [0.25, 0.3) is 0 Å². The molecule has 4 aromatic heterocycles. The van der Waals surface area contributed by atoms with Crippen LogP contribution in [0.2, 0.25) is 18.1 Å². The minimum absolute atomic E-state index is 0.120. The number of hydrogen-bond acceptors (Lipinski definition) is 9. The zero-order valence-electron chi connectivity index (χ0n) is 25.9. The number of aromatic nitrogens is 8. The SMILES string of the molecule is CCC(C)n1c(Br)nc2c(-c3cccc(O[Si](C)(C)C(C)(C)C)c3)nc(N3CCOCC3)nc21.c1ncc2[nH]cnc2n1. The molecule has 1 aliphatic heterocycles. The zero-order valence-corrected chi connectivity index (χ0v) is 28.5. The summed E-state index contributed by atoms with van der Waals surface area (Å²) in [5.74, 6) is 1.60. The van der Waals surface area contributed by atoms with Gasteiger partial charge in [0.15, 0.2) is 16.0 Å². The van der Waals surface area contributed by atoms with E-state index < -0.39 is 8.32 Å². The second kappa shape index (κ2) is 12.7. The predicted octanol–water partition coefficient (Wildman–Crippen LogP) is 6.80. The molecule has 0 saturated carbocycles. The molecule has 1 aromatic carbocycles. The fourth-order valence-electron chi connectivity index (χ4n) is 4.46. The van der Waals surface area contributed by atoms with Crippen molar-refractivity contribution in [3.8, 4) is 17.0 Å². The highest BCUT2D eigenvalue weighted by molar-refractivity contribution is 9.10. The average molecular weight is 667 g/mol. The summed E-state index contributed by atoms with van der Waals surface area (Å²) in [6.45, 7) is 18.6. The van der Waals surface area contributed by atoms with Crippen molar-refractivity contribution >= 4 is 52.5 Å². The van der Waals surface area contributed by atoms with Crippen molar-refractivity contribution in [2.75, 3.05) is 31.2 Å². The van der Waals surface area contributed by atoms with Crippen LogP contribution < -0.4 is 9.33 Å². The van der Waals surface area contributed by atoms with Gasteiger partial charge in [-0.2, -0.15) is 4.98 Å². The van der Waals surface area contributed by atoms with E-state index in [-0.39, 0.29) is 11.1 Å². The lowest BCUT2D eigenvalue weighted by Gasteiger charge is -2.36. The van der Waals surface area contributed by atoms with Gasteiger partial charge in [-0.25, -0.2) is 24.9 Å². The maximum Gasteiger partial charge on any atom is 0.250 e. The number of anilines is 1. The number of imidazole rings is 2. The second-order valence-corrected chi connectivity index (χ2v) is 17.6. The molecule has 1 aliphatic rings. The molecule has 1 N–H and O–H groups in total. The third kappa shape index (κ3) is 6.73. The summed E-state index contributed by atoms with van der Waals surface area (Å²) in [5.41, 5.74) is 5.05. The second-order valence-electron chi connectivity index (χ2n) is 12.2. The third-order valence-electron chi connectivity index (χ3n) is 8.20. The highest BCUT2D eigenvalue weighted by Crippen LogP contribution is 2.39. The predicted molar refractivity (Wildman–Crippen MR) is 176 cm³/mol. The first-order valence-electron chi connectivity index (χ1n) is 14.6. The van der Waals surface area contributed by atoms with Gasteiger partial charge in [-0.05, 0) is 59.5 Å². The van der Waals surface area contributed by atoms with E-state index in [1.807, 2.05) is 12.1 Å². The first kappa shape index (κ1) is 31.0. The Hall–Kier alpha value is -3.42. The van der Waals surface area contributed by atoms with Crippen molar-refractivity contribution in [3.63, 3.8) is 0 Å². The van der Waals surface area contributed by atoms with Gasteiger partial charge in [0.2, 0.25) is 14.3 Å². The molecule has 43 heavy (non-hydrogen) atoms. The standard InChI is InChI=1S/C25H36BrN5O2Si.C5H4N4/c1-8-17(2)31-22-21(27-23(31)26)20(28-24(29-22)30-12-14-32-15-13-30)18-10-9-11-19(16-18)33-34(6,7)25(3,4)5;1-4-5(8-2-6-1)9-3-7-4/h9-11,16-17H,8,12-15H2,1-7H3;1-3H,(H,6,7,8,9). The van der Waals surface area contributed by atoms with E-state index in [0.29, 0.717) is 18.9 Å². The number of aromatic amines is 1. The maximum atomic E-state index is 6.61. The average Bonchev–Trinajstić information content (AvgIpc) is 3.60. The Balaban J connectivity index is 0.000000345. The third-order valence-corrected chi connectivity index (χ3v) is 13.1. The van der Waals surface area contributed by atoms with E-state index in [1.165, 1.54) is 6.33 Å². The quantitative estimate of drug-likeness (QED) is 0.154. The van der Waals surface area contributed by atoms with E-state index in [1.54, 1.807) is 12.5 Å². The van der Waals surface area contributed by atoms with Crippen LogP contribution in [0.15, 0.2) is 47.9 Å². The Morgan fingerprint density at radius 3 is 2.58 bits per heavy atom. The molecule has 5 aromatic rings.